The maximum absolute atomic E-state index is 12.2. The molecule has 18 heavy (non-hydrogen) atoms. The molecule has 4 nitrogen and oxygen atoms in total. The van der Waals surface area contributed by atoms with E-state index in [1.807, 2.05) is 0 Å². The highest BCUT2D eigenvalue weighted by Gasteiger charge is 2.30. The van der Waals surface area contributed by atoms with Crippen molar-refractivity contribution in [1.29, 1.82) is 0 Å². The van der Waals surface area contributed by atoms with Crippen LogP contribution in [0.5, 0.6) is 0 Å². The topological polar surface area (TPSA) is 35.6 Å². The first kappa shape index (κ1) is 12.4. The van der Waals surface area contributed by atoms with Gasteiger partial charge in [-0.15, -0.1) is 0 Å². The van der Waals surface area contributed by atoms with Crippen molar-refractivity contribution in [3.63, 3.8) is 0 Å². The van der Waals surface area contributed by atoms with E-state index in [2.05, 4.69) is 15.1 Å². The molecular formula is C14H25N3O. The first-order chi connectivity index (χ1) is 8.83. The van der Waals surface area contributed by atoms with Crippen LogP contribution in [0.15, 0.2) is 0 Å². The van der Waals surface area contributed by atoms with Crippen LogP contribution >= 0.6 is 0 Å². The van der Waals surface area contributed by atoms with Crippen LogP contribution in [-0.4, -0.2) is 61.0 Å². The fraction of sp³-hybridized carbons (Fsp3) is 0.929. The van der Waals surface area contributed by atoms with Gasteiger partial charge in [0.25, 0.3) is 0 Å². The molecule has 102 valence electrons. The lowest BCUT2D eigenvalue weighted by molar-refractivity contribution is -0.134. The van der Waals surface area contributed by atoms with Gasteiger partial charge < -0.3 is 10.2 Å². The summed E-state index contributed by atoms with van der Waals surface area (Å²) in [4.78, 5) is 16.8. The van der Waals surface area contributed by atoms with E-state index in [4.69, 9.17) is 0 Å². The fourth-order valence-corrected chi connectivity index (χ4v) is 3.46. The van der Waals surface area contributed by atoms with Crippen LogP contribution in [0.3, 0.4) is 0 Å². The Morgan fingerprint density at radius 1 is 1.06 bits per heavy atom. The lowest BCUT2D eigenvalue weighted by Gasteiger charge is -2.43. The highest BCUT2D eigenvalue weighted by Crippen LogP contribution is 2.28. The van der Waals surface area contributed by atoms with Crippen molar-refractivity contribution in [3.8, 4) is 0 Å². The Bertz CT molecular complexity index is 289. The van der Waals surface area contributed by atoms with Crippen LogP contribution < -0.4 is 5.32 Å². The summed E-state index contributed by atoms with van der Waals surface area (Å²) in [6, 6.07) is 0.733. The summed E-state index contributed by atoms with van der Waals surface area (Å²) in [5.41, 5.74) is 0. The number of hydrogen-bond acceptors (Lipinski definition) is 3. The SMILES string of the molecule is O=C(CC1CCCC1)N1CCN(C2CNC2)CC1. The van der Waals surface area contributed by atoms with Crippen molar-refractivity contribution in [2.24, 2.45) is 5.92 Å². The first-order valence-corrected chi connectivity index (χ1v) is 7.55. The van der Waals surface area contributed by atoms with Gasteiger partial charge in [-0.2, -0.15) is 0 Å². The molecule has 4 heteroatoms. The van der Waals surface area contributed by atoms with Crippen molar-refractivity contribution in [2.75, 3.05) is 39.3 Å². The molecule has 3 rings (SSSR count). The summed E-state index contributed by atoms with van der Waals surface area (Å²) in [5.74, 6) is 1.10. The van der Waals surface area contributed by atoms with E-state index in [-0.39, 0.29) is 0 Å². The van der Waals surface area contributed by atoms with Gasteiger partial charge in [-0.1, -0.05) is 12.8 Å². The van der Waals surface area contributed by atoms with E-state index in [1.54, 1.807) is 0 Å². The quantitative estimate of drug-likeness (QED) is 0.801. The molecule has 0 spiro atoms. The zero-order valence-electron chi connectivity index (χ0n) is 11.2. The summed E-state index contributed by atoms with van der Waals surface area (Å²) in [6.45, 7) is 6.31. The van der Waals surface area contributed by atoms with Crippen molar-refractivity contribution in [3.05, 3.63) is 0 Å². The minimum absolute atomic E-state index is 0.410. The van der Waals surface area contributed by atoms with Crippen molar-refractivity contribution < 1.29 is 4.79 Å². The third kappa shape index (κ3) is 2.69. The van der Waals surface area contributed by atoms with E-state index in [0.717, 1.165) is 51.7 Å². The first-order valence-electron chi connectivity index (χ1n) is 7.55. The second-order valence-electron chi connectivity index (χ2n) is 6.08. The summed E-state index contributed by atoms with van der Waals surface area (Å²) in [7, 11) is 0. The lowest BCUT2D eigenvalue weighted by atomic mass is 10.0. The van der Waals surface area contributed by atoms with Gasteiger partial charge in [-0.25, -0.2) is 0 Å². The number of nitrogens with one attached hydrogen (secondary N) is 1. The Hall–Kier alpha value is -0.610. The van der Waals surface area contributed by atoms with Gasteiger partial charge in [0.2, 0.25) is 5.91 Å². The van der Waals surface area contributed by atoms with E-state index in [1.165, 1.54) is 25.7 Å². The van der Waals surface area contributed by atoms with E-state index in [9.17, 15) is 4.79 Å². The Labute approximate surface area is 110 Å². The van der Waals surface area contributed by atoms with Gasteiger partial charge >= 0.3 is 0 Å². The van der Waals surface area contributed by atoms with Crippen LogP contribution in [0.2, 0.25) is 0 Å². The number of carbonyl (C=O) groups is 1. The molecule has 1 amide bonds. The molecule has 1 N–H and O–H groups in total. The van der Waals surface area contributed by atoms with Gasteiger partial charge in [-0.05, 0) is 18.8 Å². The van der Waals surface area contributed by atoms with Gasteiger partial charge in [0.1, 0.15) is 0 Å². The van der Waals surface area contributed by atoms with Crippen molar-refractivity contribution in [1.82, 2.24) is 15.1 Å². The third-order valence-corrected chi connectivity index (χ3v) is 4.88. The molecular weight excluding hydrogens is 226 g/mol. The molecule has 0 unspecified atom stereocenters. The number of hydrogen-bond donors (Lipinski definition) is 1. The smallest absolute Gasteiger partial charge is 0.222 e. The van der Waals surface area contributed by atoms with Crippen LogP contribution in [0.4, 0.5) is 0 Å². The Morgan fingerprint density at radius 2 is 1.72 bits per heavy atom. The standard InChI is InChI=1S/C14H25N3O/c18-14(9-12-3-1-2-4-12)17-7-5-16(6-8-17)13-10-15-11-13/h12-13,15H,1-11H2. The second-order valence-corrected chi connectivity index (χ2v) is 6.08. The normalized spacial score (nSPS) is 27.4. The summed E-state index contributed by atoms with van der Waals surface area (Å²) in [6.07, 6.45) is 6.03. The highest BCUT2D eigenvalue weighted by atomic mass is 16.2. The average molecular weight is 251 g/mol. The third-order valence-electron chi connectivity index (χ3n) is 4.88. The molecule has 0 bridgehead atoms. The zero-order chi connectivity index (χ0) is 12.4. The molecule has 0 atom stereocenters. The Balaban J connectivity index is 1.42. The molecule has 2 saturated heterocycles. The van der Waals surface area contributed by atoms with Crippen LogP contribution in [0, 0.1) is 5.92 Å². The van der Waals surface area contributed by atoms with E-state index in [0.29, 0.717) is 11.8 Å². The zero-order valence-corrected chi connectivity index (χ0v) is 11.2. The molecule has 0 radical (unpaired) electrons. The van der Waals surface area contributed by atoms with Gasteiger partial charge in [0.15, 0.2) is 0 Å². The largest absolute Gasteiger partial charge is 0.340 e. The lowest BCUT2D eigenvalue weighted by Crippen LogP contribution is -2.62. The summed E-state index contributed by atoms with van der Waals surface area (Å²) in [5, 5.41) is 3.32. The van der Waals surface area contributed by atoms with Gasteiger partial charge in [0, 0.05) is 51.7 Å². The van der Waals surface area contributed by atoms with Crippen molar-refractivity contribution >= 4 is 5.91 Å². The maximum Gasteiger partial charge on any atom is 0.222 e. The number of piperazine rings is 1. The summed E-state index contributed by atoms with van der Waals surface area (Å²) < 4.78 is 0. The predicted octanol–water partition coefficient (Wildman–Crippen LogP) is 0.683. The predicted molar refractivity (Wildman–Crippen MR) is 71.4 cm³/mol. The maximum atomic E-state index is 12.2. The fourth-order valence-electron chi connectivity index (χ4n) is 3.46. The van der Waals surface area contributed by atoms with Crippen molar-refractivity contribution in [2.45, 2.75) is 38.1 Å². The van der Waals surface area contributed by atoms with Gasteiger partial charge in [-0.3, -0.25) is 9.69 Å². The molecule has 0 aromatic heterocycles. The number of rotatable bonds is 3. The molecule has 2 heterocycles. The van der Waals surface area contributed by atoms with E-state index < -0.39 is 0 Å². The molecule has 1 saturated carbocycles. The average Bonchev–Trinajstić information content (AvgIpc) is 2.80. The van der Waals surface area contributed by atoms with E-state index >= 15 is 0 Å². The summed E-state index contributed by atoms with van der Waals surface area (Å²) >= 11 is 0. The minimum Gasteiger partial charge on any atom is -0.340 e. The molecule has 0 aromatic rings. The molecule has 2 aliphatic heterocycles. The number of nitrogens with zero attached hydrogens (tertiary/aromatic N) is 2. The van der Waals surface area contributed by atoms with Crippen LogP contribution in [-0.2, 0) is 4.79 Å². The molecule has 3 aliphatic rings. The second kappa shape index (κ2) is 5.57. The molecule has 3 fully saturated rings. The highest BCUT2D eigenvalue weighted by molar-refractivity contribution is 5.76. The van der Waals surface area contributed by atoms with Gasteiger partial charge in [0.05, 0.1) is 0 Å². The molecule has 1 aliphatic carbocycles. The molecule has 0 aromatic carbocycles. The Morgan fingerprint density at radius 3 is 2.28 bits per heavy atom. The Kier molecular flexibility index (Phi) is 3.85. The number of amides is 1. The number of carbonyl (C=O) groups excluding carboxylic acids is 1. The van der Waals surface area contributed by atoms with Crippen LogP contribution in [0.1, 0.15) is 32.1 Å². The van der Waals surface area contributed by atoms with Crippen LogP contribution in [0.25, 0.3) is 0 Å². The monoisotopic (exact) mass is 251 g/mol. The minimum atomic E-state index is 0.410.